The number of rotatable bonds is 3. The van der Waals surface area contributed by atoms with Crippen molar-refractivity contribution in [2.45, 2.75) is 31.3 Å². The predicted octanol–water partition coefficient (Wildman–Crippen LogP) is 1.28. The largest absolute Gasteiger partial charge is 0.481 e. The number of carboxylic acids is 1. The van der Waals surface area contributed by atoms with Crippen molar-refractivity contribution in [3.8, 4) is 0 Å². The van der Waals surface area contributed by atoms with E-state index in [0.29, 0.717) is 12.8 Å². The minimum atomic E-state index is -3.40. The average molecular weight is 192 g/mol. The van der Waals surface area contributed by atoms with Crippen molar-refractivity contribution in [1.82, 2.24) is 0 Å². The van der Waals surface area contributed by atoms with E-state index < -0.39 is 19.5 Å². The van der Waals surface area contributed by atoms with Gasteiger partial charge in [0.05, 0.1) is 0 Å². The van der Waals surface area contributed by atoms with Crippen molar-refractivity contribution in [2.24, 2.45) is 0 Å². The van der Waals surface area contributed by atoms with Crippen LogP contribution in [0.3, 0.4) is 0 Å². The molecule has 0 heterocycles. The molecule has 70 valence electrons. The van der Waals surface area contributed by atoms with E-state index in [1.54, 1.807) is 0 Å². The van der Waals surface area contributed by atoms with E-state index in [4.69, 9.17) is 5.11 Å². The lowest BCUT2D eigenvalue weighted by atomic mass is 10.4. The predicted molar refractivity (Wildman–Crippen MR) is 44.6 cm³/mol. The van der Waals surface area contributed by atoms with Crippen molar-refractivity contribution < 1.29 is 19.4 Å². The molecule has 0 aromatic carbocycles. The standard InChI is InChI=1S/C7H13O4P/c8-7(9)5-12(10,11)6-3-1-2-4-6/h6H,1-5H2,(H,8,9)(H,10,11). The first kappa shape index (κ1) is 9.75. The Hall–Kier alpha value is -0.340. The van der Waals surface area contributed by atoms with Gasteiger partial charge in [-0.25, -0.2) is 0 Å². The zero-order valence-electron chi connectivity index (χ0n) is 6.77. The second-order valence-electron chi connectivity index (χ2n) is 3.25. The highest BCUT2D eigenvalue weighted by Gasteiger charge is 2.34. The van der Waals surface area contributed by atoms with Crippen LogP contribution < -0.4 is 0 Å². The highest BCUT2D eigenvalue weighted by molar-refractivity contribution is 7.59. The summed E-state index contributed by atoms with van der Waals surface area (Å²) in [5.41, 5.74) is -0.256. The van der Waals surface area contributed by atoms with Gasteiger partial charge >= 0.3 is 5.97 Å². The molecule has 4 nitrogen and oxygen atoms in total. The first-order chi connectivity index (χ1) is 5.52. The molecule has 0 aromatic rings. The topological polar surface area (TPSA) is 74.6 Å². The van der Waals surface area contributed by atoms with Gasteiger partial charge in [0, 0.05) is 5.66 Å². The molecule has 1 unspecified atom stereocenters. The molecule has 12 heavy (non-hydrogen) atoms. The maximum absolute atomic E-state index is 11.4. The van der Waals surface area contributed by atoms with Gasteiger partial charge in [0.15, 0.2) is 0 Å². The van der Waals surface area contributed by atoms with E-state index in [0.717, 1.165) is 12.8 Å². The van der Waals surface area contributed by atoms with Gasteiger partial charge in [0.2, 0.25) is 7.37 Å². The lowest BCUT2D eigenvalue weighted by Crippen LogP contribution is -2.12. The zero-order chi connectivity index (χ0) is 9.19. The van der Waals surface area contributed by atoms with Crippen molar-refractivity contribution in [3.05, 3.63) is 0 Å². The summed E-state index contributed by atoms with van der Waals surface area (Å²) < 4.78 is 11.4. The number of hydrogen-bond donors (Lipinski definition) is 2. The summed E-state index contributed by atoms with van der Waals surface area (Å²) in [6.07, 6.45) is 2.75. The Kier molecular flexibility index (Phi) is 2.91. The highest BCUT2D eigenvalue weighted by atomic mass is 31.2. The van der Waals surface area contributed by atoms with Crippen LogP contribution in [0.2, 0.25) is 0 Å². The van der Waals surface area contributed by atoms with Gasteiger partial charge < -0.3 is 10.00 Å². The molecule has 0 saturated heterocycles. The van der Waals surface area contributed by atoms with E-state index in [-0.39, 0.29) is 5.66 Å². The summed E-state index contributed by atoms with van der Waals surface area (Å²) in [5.74, 6) is -1.17. The quantitative estimate of drug-likeness (QED) is 0.660. The fraction of sp³-hybridized carbons (Fsp3) is 0.857. The molecule has 0 aliphatic heterocycles. The molecule has 2 N–H and O–H groups in total. The normalized spacial score (nSPS) is 23.8. The first-order valence-corrected chi connectivity index (χ1v) is 5.97. The van der Waals surface area contributed by atoms with Crippen LogP contribution in [0.1, 0.15) is 25.7 Å². The molecule has 5 heteroatoms. The van der Waals surface area contributed by atoms with E-state index in [1.165, 1.54) is 0 Å². The van der Waals surface area contributed by atoms with Gasteiger partial charge in [-0.2, -0.15) is 0 Å². The molecule has 1 aliphatic rings. The van der Waals surface area contributed by atoms with Gasteiger partial charge in [-0.1, -0.05) is 12.8 Å². The summed E-state index contributed by atoms with van der Waals surface area (Å²) in [6.45, 7) is 0. The molecule has 0 aromatic heterocycles. The summed E-state index contributed by atoms with van der Waals surface area (Å²) in [5, 5.41) is 8.38. The van der Waals surface area contributed by atoms with Crippen LogP contribution in [0.15, 0.2) is 0 Å². The van der Waals surface area contributed by atoms with Crippen LogP contribution in [0.25, 0.3) is 0 Å². The third-order valence-electron chi connectivity index (χ3n) is 2.26. The highest BCUT2D eigenvalue weighted by Crippen LogP contribution is 2.52. The molecule has 1 aliphatic carbocycles. The summed E-state index contributed by atoms with van der Waals surface area (Å²) in [4.78, 5) is 19.6. The Bertz CT molecular complexity index is 219. The molecule has 0 amide bonds. The fourth-order valence-corrected chi connectivity index (χ4v) is 3.45. The smallest absolute Gasteiger partial charge is 0.313 e. The maximum atomic E-state index is 11.4. The molecule has 0 radical (unpaired) electrons. The lowest BCUT2D eigenvalue weighted by Gasteiger charge is -2.15. The third-order valence-corrected chi connectivity index (χ3v) is 4.64. The van der Waals surface area contributed by atoms with Crippen LogP contribution in [0.5, 0.6) is 0 Å². The van der Waals surface area contributed by atoms with Crippen LogP contribution in [0.4, 0.5) is 0 Å². The van der Waals surface area contributed by atoms with Gasteiger partial charge in [-0.05, 0) is 12.8 Å². The molecule has 1 saturated carbocycles. The fourth-order valence-electron chi connectivity index (χ4n) is 1.63. The minimum Gasteiger partial charge on any atom is -0.481 e. The Balaban J connectivity index is 2.57. The molecule has 1 fully saturated rings. The van der Waals surface area contributed by atoms with Crippen molar-refractivity contribution in [2.75, 3.05) is 6.16 Å². The SMILES string of the molecule is O=C(O)CP(=O)(O)C1CCCC1. The Labute approximate surface area is 71.0 Å². The zero-order valence-corrected chi connectivity index (χ0v) is 7.67. The van der Waals surface area contributed by atoms with Gasteiger partial charge in [-0.15, -0.1) is 0 Å². The van der Waals surface area contributed by atoms with E-state index in [2.05, 4.69) is 0 Å². The Morgan fingerprint density at radius 3 is 2.33 bits per heavy atom. The van der Waals surface area contributed by atoms with E-state index >= 15 is 0 Å². The number of hydrogen-bond acceptors (Lipinski definition) is 2. The minimum absolute atomic E-state index is 0.256. The van der Waals surface area contributed by atoms with Crippen LogP contribution in [-0.4, -0.2) is 27.8 Å². The maximum Gasteiger partial charge on any atom is 0.313 e. The van der Waals surface area contributed by atoms with E-state index in [9.17, 15) is 14.3 Å². The first-order valence-electron chi connectivity index (χ1n) is 4.05. The molecule has 0 bridgehead atoms. The Morgan fingerprint density at radius 2 is 1.92 bits per heavy atom. The summed E-state index contributed by atoms with van der Waals surface area (Å²) in [7, 11) is -3.40. The molecule has 1 rings (SSSR count). The summed E-state index contributed by atoms with van der Waals surface area (Å²) >= 11 is 0. The van der Waals surface area contributed by atoms with Crippen LogP contribution in [0, 0.1) is 0 Å². The third kappa shape index (κ3) is 2.32. The lowest BCUT2D eigenvalue weighted by molar-refractivity contribution is -0.134. The van der Waals surface area contributed by atoms with Crippen molar-refractivity contribution >= 4 is 13.3 Å². The second kappa shape index (κ2) is 3.58. The molecule has 1 atom stereocenters. The number of carboxylic acid groups (broad SMARTS) is 1. The van der Waals surface area contributed by atoms with Gasteiger partial charge in [-0.3, -0.25) is 9.36 Å². The Morgan fingerprint density at radius 1 is 1.42 bits per heavy atom. The van der Waals surface area contributed by atoms with Crippen LogP contribution >= 0.6 is 7.37 Å². The summed E-state index contributed by atoms with van der Waals surface area (Å²) in [6, 6.07) is 0. The molecular formula is C7H13O4P. The second-order valence-corrected chi connectivity index (χ2v) is 5.80. The number of carbonyl (C=O) groups is 1. The van der Waals surface area contributed by atoms with Crippen molar-refractivity contribution in [1.29, 1.82) is 0 Å². The van der Waals surface area contributed by atoms with Crippen LogP contribution in [-0.2, 0) is 9.36 Å². The van der Waals surface area contributed by atoms with Gasteiger partial charge in [0.25, 0.3) is 0 Å². The van der Waals surface area contributed by atoms with E-state index in [1.807, 2.05) is 0 Å². The van der Waals surface area contributed by atoms with Crippen molar-refractivity contribution in [3.63, 3.8) is 0 Å². The van der Waals surface area contributed by atoms with Gasteiger partial charge in [0.1, 0.15) is 6.16 Å². The average Bonchev–Trinajstić information content (AvgIpc) is 2.32. The monoisotopic (exact) mass is 192 g/mol. The molecule has 0 spiro atoms. The molecular weight excluding hydrogens is 179 g/mol. The number of aliphatic carboxylic acids is 1.